The van der Waals surface area contributed by atoms with Crippen LogP contribution in [0.2, 0.25) is 0 Å². The number of hydrogen-bond acceptors (Lipinski definition) is 5. The Balaban J connectivity index is 0.000000221. The van der Waals surface area contributed by atoms with Crippen molar-refractivity contribution in [2.75, 3.05) is 0 Å². The van der Waals surface area contributed by atoms with E-state index in [-0.39, 0.29) is 11.6 Å². The maximum atomic E-state index is 8.19. The molecule has 232 valence electrons. The van der Waals surface area contributed by atoms with Crippen molar-refractivity contribution >= 4 is 0 Å². The van der Waals surface area contributed by atoms with Crippen molar-refractivity contribution in [2.24, 2.45) is 20.0 Å². The Morgan fingerprint density at radius 2 is 1.24 bits per heavy atom. The minimum Gasteiger partial charge on any atom is -0.241 e. The van der Waals surface area contributed by atoms with E-state index in [0.29, 0.717) is 11.1 Å². The minimum absolute atomic E-state index is 0.0164. The van der Waals surface area contributed by atoms with Crippen molar-refractivity contribution in [3.8, 4) is 45.0 Å². The number of hydrogen-bond donors (Lipinski definition) is 0. The molecule has 0 bridgehead atoms. The summed E-state index contributed by atoms with van der Waals surface area (Å²) in [6, 6.07) is 23.3. The fourth-order valence-electron chi connectivity index (χ4n) is 4.93. The molecule has 0 saturated carbocycles. The number of rotatable bonds is 6. The molecule has 7 heteroatoms. The molecule has 0 saturated heterocycles. The summed E-state index contributed by atoms with van der Waals surface area (Å²) in [5.74, 6) is -3.76. The molecule has 4 heterocycles. The largest absolute Gasteiger partial charge is 0.241 e. The van der Waals surface area contributed by atoms with Crippen molar-refractivity contribution in [2.45, 2.75) is 47.7 Å². The topological polar surface area (TPSA) is 72.2 Å². The third-order valence-electron chi connectivity index (χ3n) is 7.32. The maximum Gasteiger partial charge on any atom is 0.213 e. The molecular formula is C39H43N7+2. The van der Waals surface area contributed by atoms with Crippen LogP contribution in [0.5, 0.6) is 0 Å². The lowest BCUT2D eigenvalue weighted by Crippen LogP contribution is -2.30. The smallest absolute Gasteiger partial charge is 0.213 e. The summed E-state index contributed by atoms with van der Waals surface area (Å²) >= 11 is 0. The third kappa shape index (κ3) is 7.72. The zero-order chi connectivity index (χ0) is 43.0. The molecular weight excluding hydrogens is 566 g/mol. The molecule has 0 aliphatic carbocycles. The van der Waals surface area contributed by atoms with Crippen LogP contribution in [0.4, 0.5) is 0 Å². The Morgan fingerprint density at radius 1 is 0.717 bits per heavy atom. The van der Waals surface area contributed by atoms with Gasteiger partial charge in [0, 0.05) is 81.7 Å². The van der Waals surface area contributed by atoms with E-state index in [0.717, 1.165) is 46.1 Å². The Labute approximate surface area is 289 Å². The normalized spacial score (nSPS) is 17.2. The summed E-state index contributed by atoms with van der Waals surface area (Å²) in [7, 11) is 3.85. The summed E-state index contributed by atoms with van der Waals surface area (Å²) < 4.78 is 96.3. The van der Waals surface area contributed by atoms with Crippen molar-refractivity contribution in [1.82, 2.24) is 24.9 Å². The standard InChI is InChI=1S/C21H24N3.C18H19N4/c1-15(2)11-21-22-13-18(14-23-21)17-9-10-24(4)20(12-17)19-8-6-5-7-16(19)3;1-12-7-5-6-8-16(12)17-11-15(9-10-22(17)4)18-20-13(2)19-14(3)21-18/h5-10,12-15H,11H2,1-4H3;5-11H,1-4H3/q2*+1/i1D3,11D2,15D;2D3,3D3. The van der Waals surface area contributed by atoms with Crippen LogP contribution in [0, 0.1) is 33.4 Å². The van der Waals surface area contributed by atoms with Gasteiger partial charge in [0.15, 0.2) is 18.2 Å². The van der Waals surface area contributed by atoms with E-state index in [4.69, 9.17) is 16.4 Å². The molecule has 7 nitrogen and oxygen atoms in total. The third-order valence-corrected chi connectivity index (χ3v) is 7.32. The molecule has 0 spiro atoms. The van der Waals surface area contributed by atoms with Crippen LogP contribution in [-0.4, -0.2) is 24.9 Å². The highest BCUT2D eigenvalue weighted by atomic mass is 15.0. The van der Waals surface area contributed by atoms with Crippen LogP contribution < -0.4 is 9.13 Å². The molecule has 0 aliphatic heterocycles. The van der Waals surface area contributed by atoms with Gasteiger partial charge in [0.25, 0.3) is 0 Å². The van der Waals surface area contributed by atoms with Crippen molar-refractivity contribution in [1.29, 1.82) is 0 Å². The minimum atomic E-state index is -2.82. The summed E-state index contributed by atoms with van der Waals surface area (Å²) in [6.45, 7) is -3.03. The van der Waals surface area contributed by atoms with E-state index in [9.17, 15) is 0 Å². The van der Waals surface area contributed by atoms with Crippen LogP contribution in [-0.2, 0) is 20.5 Å². The van der Waals surface area contributed by atoms with Crippen LogP contribution in [0.1, 0.15) is 58.8 Å². The first kappa shape index (κ1) is 20.1. The fraction of sp³-hybridized carbons (Fsp3) is 0.256. The molecule has 2 aromatic carbocycles. The van der Waals surface area contributed by atoms with Gasteiger partial charge in [-0.1, -0.05) is 50.2 Å². The fourth-order valence-corrected chi connectivity index (χ4v) is 4.93. The van der Waals surface area contributed by atoms with Crippen LogP contribution >= 0.6 is 0 Å². The zero-order valence-corrected chi connectivity index (χ0v) is 26.4. The SMILES string of the molecule is [2H]C([2H])([2H])C([2H])(C)C([2H])([2H])c1ncc(-c2cc[n+](C)c(-c3ccccc3C)c2)cn1.[2H]C([2H])([2H])c1nc(-c2cc[n+](C)c(-c3ccccc3C)c2)nc(C([2H])([2H])[2H])n1. The molecule has 0 aliphatic rings. The Bertz CT molecular complexity index is 2390. The van der Waals surface area contributed by atoms with Gasteiger partial charge in [-0.05, 0) is 62.3 Å². The quantitative estimate of drug-likeness (QED) is 0.186. The number of pyridine rings is 2. The predicted octanol–water partition coefficient (Wildman–Crippen LogP) is 7.10. The Kier molecular flexibility index (Phi) is 6.23. The van der Waals surface area contributed by atoms with Gasteiger partial charge in [-0.25, -0.2) is 34.1 Å². The molecule has 0 amide bonds. The summed E-state index contributed by atoms with van der Waals surface area (Å²) in [5, 5.41) is 0. The summed E-state index contributed by atoms with van der Waals surface area (Å²) in [4.78, 5) is 19.9. The number of benzene rings is 2. The second kappa shape index (κ2) is 14.3. The van der Waals surface area contributed by atoms with E-state index in [1.54, 1.807) is 12.3 Å². The van der Waals surface area contributed by atoms with E-state index in [1.807, 2.05) is 110 Å². The van der Waals surface area contributed by atoms with Crippen LogP contribution in [0.3, 0.4) is 0 Å². The van der Waals surface area contributed by atoms with Crippen LogP contribution in [0.15, 0.2) is 97.6 Å². The molecule has 4 aromatic heterocycles. The number of nitrogens with zero attached hydrogens (tertiary/aromatic N) is 7. The average molecular weight is 622 g/mol. The monoisotopic (exact) mass is 621 g/mol. The van der Waals surface area contributed by atoms with E-state index in [2.05, 4.69) is 24.9 Å². The van der Waals surface area contributed by atoms with Gasteiger partial charge in [0.2, 0.25) is 11.4 Å². The van der Waals surface area contributed by atoms with E-state index in [1.165, 1.54) is 12.4 Å². The van der Waals surface area contributed by atoms with Gasteiger partial charge in [-0.3, -0.25) is 0 Å². The van der Waals surface area contributed by atoms with Crippen LogP contribution in [0.25, 0.3) is 45.0 Å². The highest BCUT2D eigenvalue weighted by Gasteiger charge is 2.16. The van der Waals surface area contributed by atoms with Gasteiger partial charge in [0.1, 0.15) is 31.6 Å². The molecule has 6 aromatic rings. The first-order chi connectivity index (χ1) is 26.8. The maximum absolute atomic E-state index is 8.19. The molecule has 0 radical (unpaired) electrons. The van der Waals surface area contributed by atoms with Crippen molar-refractivity contribution in [3.63, 3.8) is 0 Å². The lowest BCUT2D eigenvalue weighted by molar-refractivity contribution is -0.660. The van der Waals surface area contributed by atoms with E-state index >= 15 is 0 Å². The first-order valence-electron chi connectivity index (χ1n) is 20.5. The average Bonchev–Trinajstić information content (AvgIpc) is 3.15. The van der Waals surface area contributed by atoms with E-state index < -0.39 is 44.5 Å². The predicted molar refractivity (Wildman–Crippen MR) is 183 cm³/mol. The first-order valence-corrected chi connectivity index (χ1v) is 14.5. The lowest BCUT2D eigenvalue weighted by Gasteiger charge is -2.07. The molecule has 1 unspecified atom stereocenters. The molecule has 6 rings (SSSR count). The van der Waals surface area contributed by atoms with Gasteiger partial charge >= 0.3 is 0 Å². The lowest BCUT2D eigenvalue weighted by atomic mass is 10.0. The summed E-state index contributed by atoms with van der Waals surface area (Å²) in [6.07, 6.45) is 4.11. The highest BCUT2D eigenvalue weighted by molar-refractivity contribution is 5.69. The second-order valence-electron chi connectivity index (χ2n) is 10.8. The number of aromatic nitrogens is 7. The molecule has 0 N–H and O–H groups in total. The Morgan fingerprint density at radius 3 is 1.76 bits per heavy atom. The molecule has 46 heavy (non-hydrogen) atoms. The molecule has 0 fully saturated rings. The summed E-state index contributed by atoms with van der Waals surface area (Å²) in [5.41, 5.74) is 8.20. The van der Waals surface area contributed by atoms with Gasteiger partial charge < -0.3 is 0 Å². The molecule has 1 atom stereocenters. The highest BCUT2D eigenvalue weighted by Crippen LogP contribution is 2.26. The van der Waals surface area contributed by atoms with Gasteiger partial charge in [0.05, 0.1) is 0 Å². The Hall–Kier alpha value is -5.17. The van der Waals surface area contributed by atoms with Gasteiger partial charge in [-0.15, -0.1) is 0 Å². The van der Waals surface area contributed by atoms with Gasteiger partial charge in [-0.2, -0.15) is 0 Å². The second-order valence-corrected chi connectivity index (χ2v) is 10.8. The zero-order valence-electron chi connectivity index (χ0n) is 38.4. The van der Waals surface area contributed by atoms with Crippen molar-refractivity contribution in [3.05, 3.63) is 126 Å². The van der Waals surface area contributed by atoms with Crippen molar-refractivity contribution < 1.29 is 25.6 Å². The number of aryl methyl sites for hydroxylation is 6.